The third-order valence-electron chi connectivity index (χ3n) is 4.45. The maximum Gasteiger partial charge on any atom is 0.160 e. The van der Waals surface area contributed by atoms with Gasteiger partial charge in [0, 0.05) is 18.1 Å². The molecular formula is C23H24N2O3. The van der Waals surface area contributed by atoms with Crippen LogP contribution in [0.3, 0.4) is 0 Å². The highest BCUT2D eigenvalue weighted by Crippen LogP contribution is 2.27. The van der Waals surface area contributed by atoms with Crippen molar-refractivity contribution in [1.82, 2.24) is 4.98 Å². The van der Waals surface area contributed by atoms with Crippen molar-refractivity contribution in [3.05, 3.63) is 90.3 Å². The Morgan fingerprint density at radius 3 is 2.29 bits per heavy atom. The lowest BCUT2D eigenvalue weighted by Gasteiger charge is -2.28. The number of ether oxygens (including phenoxy) is 2. The number of aromatic nitrogens is 1. The van der Waals surface area contributed by atoms with Crippen LogP contribution in [-0.4, -0.2) is 24.0 Å². The van der Waals surface area contributed by atoms with Crippen LogP contribution in [0, 0.1) is 0 Å². The van der Waals surface area contributed by atoms with Crippen LogP contribution in [0.15, 0.2) is 79.1 Å². The number of ketones is 1. The minimum Gasteiger partial charge on any atom is -0.497 e. The Bertz CT molecular complexity index is 867. The number of benzene rings is 2. The Morgan fingerprint density at radius 1 is 1.00 bits per heavy atom. The molecule has 2 atom stereocenters. The molecule has 1 aromatic heterocycles. The number of carbonyl (C=O) groups is 1. The summed E-state index contributed by atoms with van der Waals surface area (Å²) in [5.74, 6) is 0.730. The van der Waals surface area contributed by atoms with Crippen molar-refractivity contribution in [1.29, 1.82) is 0 Å². The van der Waals surface area contributed by atoms with E-state index in [-0.39, 0.29) is 11.8 Å². The van der Waals surface area contributed by atoms with Gasteiger partial charge >= 0.3 is 0 Å². The Labute approximate surface area is 165 Å². The average molecular weight is 376 g/mol. The summed E-state index contributed by atoms with van der Waals surface area (Å²) in [4.78, 5) is 16.6. The fourth-order valence-electron chi connectivity index (χ4n) is 2.98. The Balaban J connectivity index is 1.85. The van der Waals surface area contributed by atoms with Gasteiger partial charge in [-0.15, -0.1) is 0 Å². The summed E-state index contributed by atoms with van der Waals surface area (Å²) in [5, 5.41) is 3.44. The van der Waals surface area contributed by atoms with Crippen molar-refractivity contribution in [2.45, 2.75) is 25.7 Å². The van der Waals surface area contributed by atoms with E-state index in [2.05, 4.69) is 10.3 Å². The molecule has 1 heterocycles. The second-order valence-corrected chi connectivity index (χ2v) is 6.46. The van der Waals surface area contributed by atoms with Gasteiger partial charge < -0.3 is 14.8 Å². The molecule has 0 aliphatic carbocycles. The predicted molar refractivity (Wildman–Crippen MR) is 109 cm³/mol. The van der Waals surface area contributed by atoms with Gasteiger partial charge in [-0.2, -0.15) is 0 Å². The van der Waals surface area contributed by atoms with E-state index in [4.69, 9.17) is 9.47 Å². The maximum absolute atomic E-state index is 12.5. The lowest BCUT2D eigenvalue weighted by Crippen LogP contribution is -2.34. The number of hydrogen-bond acceptors (Lipinski definition) is 5. The van der Waals surface area contributed by atoms with Gasteiger partial charge in [0.05, 0.1) is 19.8 Å². The third-order valence-corrected chi connectivity index (χ3v) is 4.45. The molecule has 5 heteroatoms. The van der Waals surface area contributed by atoms with Crippen LogP contribution in [0.5, 0.6) is 5.75 Å². The first kappa shape index (κ1) is 19.6. The molecule has 0 saturated heterocycles. The second-order valence-electron chi connectivity index (χ2n) is 6.46. The van der Waals surface area contributed by atoms with E-state index in [1.54, 1.807) is 26.4 Å². The number of nitrogens with zero attached hydrogens (tertiary/aromatic N) is 1. The molecule has 144 valence electrons. The quantitative estimate of drug-likeness (QED) is 0.599. The molecule has 0 saturated carbocycles. The molecule has 28 heavy (non-hydrogen) atoms. The first-order valence-electron chi connectivity index (χ1n) is 9.14. The number of anilines is 1. The molecule has 5 nitrogen and oxygen atoms in total. The fourth-order valence-corrected chi connectivity index (χ4v) is 2.98. The van der Waals surface area contributed by atoms with Gasteiger partial charge in [0.2, 0.25) is 0 Å². The summed E-state index contributed by atoms with van der Waals surface area (Å²) in [6.45, 7) is 1.91. The van der Waals surface area contributed by atoms with Gasteiger partial charge in [-0.25, -0.2) is 0 Å². The number of hydrogen-bond donors (Lipinski definition) is 1. The van der Waals surface area contributed by atoms with Gasteiger partial charge in [-0.05, 0) is 54.4 Å². The smallest absolute Gasteiger partial charge is 0.160 e. The minimum atomic E-state index is -0.648. The Kier molecular flexibility index (Phi) is 6.76. The fraction of sp³-hybridized carbons (Fsp3) is 0.217. The second kappa shape index (κ2) is 9.67. The van der Waals surface area contributed by atoms with Crippen molar-refractivity contribution in [3.63, 3.8) is 0 Å². The number of Topliss-reactive ketones (excluding diaryl/α,β-unsaturated/α-hetero) is 1. The van der Waals surface area contributed by atoms with Crippen LogP contribution in [0.4, 0.5) is 5.69 Å². The SMILES string of the molecule is COc1ccc(N[C@H](c2ccncc2)[C@@H](OCc2ccccc2)C(C)=O)cc1. The molecule has 3 rings (SSSR count). The largest absolute Gasteiger partial charge is 0.497 e. The first-order valence-corrected chi connectivity index (χ1v) is 9.14. The summed E-state index contributed by atoms with van der Waals surface area (Å²) >= 11 is 0. The standard InChI is InChI=1S/C23H24N2O3/c1-17(26)23(28-16-18-6-4-3-5-7-18)22(19-12-14-24-15-13-19)25-20-8-10-21(27-2)11-9-20/h3-15,22-23,25H,16H2,1-2H3/t22-,23+/m1/s1. The lowest BCUT2D eigenvalue weighted by atomic mass is 9.99. The summed E-state index contributed by atoms with van der Waals surface area (Å²) in [6, 6.07) is 20.8. The topological polar surface area (TPSA) is 60.4 Å². The molecule has 0 bridgehead atoms. The average Bonchev–Trinajstić information content (AvgIpc) is 2.74. The van der Waals surface area contributed by atoms with Crippen LogP contribution in [0.25, 0.3) is 0 Å². The van der Waals surface area contributed by atoms with Crippen molar-refractivity contribution in [3.8, 4) is 5.75 Å². The van der Waals surface area contributed by atoms with Crippen LogP contribution in [-0.2, 0) is 16.1 Å². The molecule has 1 N–H and O–H groups in total. The molecule has 0 aliphatic rings. The molecule has 0 amide bonds. The molecule has 3 aromatic rings. The van der Waals surface area contributed by atoms with Gasteiger partial charge in [-0.1, -0.05) is 30.3 Å². The third kappa shape index (κ3) is 5.18. The summed E-state index contributed by atoms with van der Waals surface area (Å²) in [6.07, 6.45) is 2.78. The number of nitrogens with one attached hydrogen (secondary N) is 1. The number of rotatable bonds is 9. The van der Waals surface area contributed by atoms with E-state index in [9.17, 15) is 4.79 Å². The lowest BCUT2D eigenvalue weighted by molar-refractivity contribution is -0.130. The van der Waals surface area contributed by atoms with Crippen LogP contribution in [0.1, 0.15) is 24.1 Å². The van der Waals surface area contributed by atoms with E-state index < -0.39 is 6.10 Å². The normalized spacial score (nSPS) is 12.8. The van der Waals surface area contributed by atoms with Gasteiger partial charge in [0.25, 0.3) is 0 Å². The van der Waals surface area contributed by atoms with E-state index in [0.29, 0.717) is 6.61 Å². The molecule has 2 aromatic carbocycles. The maximum atomic E-state index is 12.5. The van der Waals surface area contributed by atoms with E-state index in [0.717, 1.165) is 22.6 Å². The first-order chi connectivity index (χ1) is 13.7. The van der Waals surface area contributed by atoms with E-state index in [1.165, 1.54) is 0 Å². The molecule has 0 unspecified atom stereocenters. The van der Waals surface area contributed by atoms with Crippen molar-refractivity contribution < 1.29 is 14.3 Å². The highest BCUT2D eigenvalue weighted by molar-refractivity contribution is 5.82. The van der Waals surface area contributed by atoms with E-state index in [1.807, 2.05) is 66.7 Å². The zero-order valence-corrected chi connectivity index (χ0v) is 16.0. The zero-order chi connectivity index (χ0) is 19.8. The molecule has 0 spiro atoms. The zero-order valence-electron chi connectivity index (χ0n) is 16.0. The Morgan fingerprint density at radius 2 is 1.68 bits per heavy atom. The van der Waals surface area contributed by atoms with E-state index >= 15 is 0 Å². The number of methoxy groups -OCH3 is 1. The van der Waals surface area contributed by atoms with Gasteiger partial charge in [0.15, 0.2) is 5.78 Å². The highest BCUT2D eigenvalue weighted by atomic mass is 16.5. The number of carbonyl (C=O) groups excluding carboxylic acids is 1. The highest BCUT2D eigenvalue weighted by Gasteiger charge is 2.28. The van der Waals surface area contributed by atoms with Crippen molar-refractivity contribution in [2.24, 2.45) is 0 Å². The summed E-state index contributed by atoms with van der Waals surface area (Å²) in [5.41, 5.74) is 2.82. The molecule has 0 fully saturated rings. The molecule has 0 radical (unpaired) electrons. The van der Waals surface area contributed by atoms with Crippen LogP contribution >= 0.6 is 0 Å². The molecular weight excluding hydrogens is 352 g/mol. The van der Waals surface area contributed by atoms with Crippen LogP contribution in [0.2, 0.25) is 0 Å². The van der Waals surface area contributed by atoms with Crippen LogP contribution < -0.4 is 10.1 Å². The Hall–Kier alpha value is -3.18. The minimum absolute atomic E-state index is 0.0428. The predicted octanol–water partition coefficient (Wildman–Crippen LogP) is 4.42. The molecule has 0 aliphatic heterocycles. The monoisotopic (exact) mass is 376 g/mol. The van der Waals surface area contributed by atoms with Gasteiger partial charge in [-0.3, -0.25) is 9.78 Å². The van der Waals surface area contributed by atoms with Crippen molar-refractivity contribution in [2.75, 3.05) is 12.4 Å². The summed E-state index contributed by atoms with van der Waals surface area (Å²) < 4.78 is 11.3. The van der Waals surface area contributed by atoms with Gasteiger partial charge in [0.1, 0.15) is 11.9 Å². The van der Waals surface area contributed by atoms with Crippen molar-refractivity contribution >= 4 is 11.5 Å². The summed E-state index contributed by atoms with van der Waals surface area (Å²) in [7, 11) is 1.63. The number of pyridine rings is 1.